The van der Waals surface area contributed by atoms with E-state index in [1.807, 2.05) is 35.7 Å². The average Bonchev–Trinajstić information content (AvgIpc) is 3.03. The fourth-order valence-electron chi connectivity index (χ4n) is 2.35. The number of aromatic nitrogens is 2. The van der Waals surface area contributed by atoms with Crippen molar-refractivity contribution in [2.75, 3.05) is 0 Å². The molecule has 1 N–H and O–H groups in total. The van der Waals surface area contributed by atoms with E-state index in [4.69, 9.17) is 4.74 Å². The third-order valence-corrected chi connectivity index (χ3v) is 3.50. The van der Waals surface area contributed by atoms with Crippen molar-refractivity contribution in [1.82, 2.24) is 14.7 Å². The van der Waals surface area contributed by atoms with Crippen molar-refractivity contribution in [2.45, 2.75) is 13.0 Å². The molecule has 3 rings (SSSR count). The number of rotatable bonds is 4. The number of nitro benzene ring substituents is 1. The van der Waals surface area contributed by atoms with Gasteiger partial charge in [-0.05, 0) is 31.2 Å². The van der Waals surface area contributed by atoms with Gasteiger partial charge in [0.25, 0.3) is 5.69 Å². The van der Waals surface area contributed by atoms with Crippen LogP contribution in [0.3, 0.4) is 0 Å². The number of nitro groups is 1. The number of nitrogens with zero attached hydrogens (tertiary/aromatic N) is 3. The van der Waals surface area contributed by atoms with Gasteiger partial charge in [0.15, 0.2) is 0 Å². The molecule has 2 heterocycles. The summed E-state index contributed by atoms with van der Waals surface area (Å²) in [7, 11) is 0. The number of hydrogen-bond donors (Lipinski definition) is 1. The number of amides is 1. The maximum atomic E-state index is 12.0. The molecule has 1 amide bonds. The number of ether oxygens (including phenoxy) is 1. The first-order valence-corrected chi connectivity index (χ1v) is 7.19. The number of benzene rings is 1. The van der Waals surface area contributed by atoms with E-state index in [-0.39, 0.29) is 17.5 Å². The Hall–Kier alpha value is -3.42. The van der Waals surface area contributed by atoms with Crippen molar-refractivity contribution in [3.63, 3.8) is 0 Å². The lowest BCUT2D eigenvalue weighted by molar-refractivity contribution is -0.384. The Kier molecular flexibility index (Phi) is 4.11. The summed E-state index contributed by atoms with van der Waals surface area (Å²) in [6.45, 7) is 1.83. The minimum absolute atomic E-state index is 0.0667. The van der Waals surface area contributed by atoms with E-state index in [1.165, 1.54) is 24.3 Å². The molecule has 1 aromatic carbocycles. The first-order valence-electron chi connectivity index (χ1n) is 7.19. The van der Waals surface area contributed by atoms with E-state index < -0.39 is 11.0 Å². The molecule has 0 radical (unpaired) electrons. The highest BCUT2D eigenvalue weighted by Crippen LogP contribution is 2.18. The quantitative estimate of drug-likeness (QED) is 0.587. The smallest absolute Gasteiger partial charge is 0.410 e. The summed E-state index contributed by atoms with van der Waals surface area (Å²) in [6.07, 6.45) is 2.85. The van der Waals surface area contributed by atoms with E-state index in [0.717, 1.165) is 11.3 Å². The average molecular weight is 326 g/mol. The lowest BCUT2D eigenvalue weighted by Gasteiger charge is -2.15. The predicted octanol–water partition coefficient (Wildman–Crippen LogP) is 3.09. The van der Waals surface area contributed by atoms with Crippen molar-refractivity contribution in [2.24, 2.45) is 0 Å². The van der Waals surface area contributed by atoms with Crippen LogP contribution in [-0.4, -0.2) is 20.4 Å². The van der Waals surface area contributed by atoms with Crippen LogP contribution in [0, 0.1) is 10.1 Å². The second-order valence-electron chi connectivity index (χ2n) is 5.11. The number of carbonyl (C=O) groups excluding carboxylic acids is 1. The van der Waals surface area contributed by atoms with E-state index in [9.17, 15) is 14.9 Å². The van der Waals surface area contributed by atoms with Gasteiger partial charge in [-0.2, -0.15) is 0 Å². The van der Waals surface area contributed by atoms with Crippen molar-refractivity contribution < 1.29 is 14.5 Å². The van der Waals surface area contributed by atoms with Gasteiger partial charge in [0.05, 0.1) is 11.0 Å². The van der Waals surface area contributed by atoms with E-state index in [0.29, 0.717) is 0 Å². The maximum absolute atomic E-state index is 12.0. The first-order chi connectivity index (χ1) is 11.5. The maximum Gasteiger partial charge on any atom is 0.413 e. The van der Waals surface area contributed by atoms with Crippen LogP contribution >= 0.6 is 0 Å². The number of nitrogens with one attached hydrogen (secondary N) is 1. The predicted molar refractivity (Wildman–Crippen MR) is 85.9 cm³/mol. The van der Waals surface area contributed by atoms with Crippen molar-refractivity contribution >= 4 is 17.4 Å². The molecule has 122 valence electrons. The van der Waals surface area contributed by atoms with Crippen molar-refractivity contribution in [1.29, 1.82) is 0 Å². The number of hydrogen-bond acceptors (Lipinski definition) is 5. The second kappa shape index (κ2) is 6.37. The molecule has 0 spiro atoms. The highest BCUT2D eigenvalue weighted by molar-refractivity contribution is 5.71. The molecule has 24 heavy (non-hydrogen) atoms. The molecular weight excluding hydrogens is 312 g/mol. The van der Waals surface area contributed by atoms with Crippen LogP contribution in [0.15, 0.2) is 54.9 Å². The van der Waals surface area contributed by atoms with Gasteiger partial charge in [-0.3, -0.25) is 10.1 Å². The molecular formula is C16H14N4O4. The third-order valence-electron chi connectivity index (χ3n) is 3.50. The van der Waals surface area contributed by atoms with Gasteiger partial charge in [0.2, 0.25) is 0 Å². The number of non-ortho nitro benzene ring substituents is 1. The van der Waals surface area contributed by atoms with Crippen LogP contribution in [-0.2, 0) is 0 Å². The lowest BCUT2D eigenvalue weighted by atomic mass is 10.2. The number of pyridine rings is 1. The summed E-state index contributed by atoms with van der Waals surface area (Å²) >= 11 is 0. The van der Waals surface area contributed by atoms with Gasteiger partial charge in [-0.15, -0.1) is 0 Å². The van der Waals surface area contributed by atoms with Crippen LogP contribution in [0.2, 0.25) is 0 Å². The zero-order valence-corrected chi connectivity index (χ0v) is 12.7. The minimum atomic E-state index is -0.645. The third kappa shape index (κ3) is 3.17. The number of fused-ring (bicyclic) bond motifs is 1. The van der Waals surface area contributed by atoms with E-state index >= 15 is 0 Å². The van der Waals surface area contributed by atoms with E-state index in [2.05, 4.69) is 10.3 Å². The Morgan fingerprint density at radius 1 is 1.29 bits per heavy atom. The molecule has 0 aliphatic carbocycles. The fourth-order valence-corrected chi connectivity index (χ4v) is 2.35. The second-order valence-corrected chi connectivity index (χ2v) is 5.11. The van der Waals surface area contributed by atoms with Crippen LogP contribution in [0.25, 0.3) is 5.65 Å². The fraction of sp³-hybridized carbons (Fsp3) is 0.125. The van der Waals surface area contributed by atoms with Gasteiger partial charge in [0, 0.05) is 30.2 Å². The van der Waals surface area contributed by atoms with Gasteiger partial charge in [0.1, 0.15) is 11.4 Å². The minimum Gasteiger partial charge on any atom is -0.410 e. The summed E-state index contributed by atoms with van der Waals surface area (Å²) in [6, 6.07) is 10.6. The highest BCUT2D eigenvalue weighted by Gasteiger charge is 2.14. The molecule has 1 atom stereocenters. The summed E-state index contributed by atoms with van der Waals surface area (Å²) in [5.41, 5.74) is 1.57. The molecule has 0 aliphatic rings. The Morgan fingerprint density at radius 2 is 2.04 bits per heavy atom. The van der Waals surface area contributed by atoms with Crippen LogP contribution < -0.4 is 10.1 Å². The molecule has 2 aromatic heterocycles. The van der Waals surface area contributed by atoms with Gasteiger partial charge in [-0.1, -0.05) is 6.07 Å². The molecule has 0 unspecified atom stereocenters. The first kappa shape index (κ1) is 15.5. The summed E-state index contributed by atoms with van der Waals surface area (Å²) < 4.78 is 7.01. The zero-order valence-electron chi connectivity index (χ0n) is 12.7. The van der Waals surface area contributed by atoms with Gasteiger partial charge < -0.3 is 14.5 Å². The number of carbonyl (C=O) groups is 1. The summed E-state index contributed by atoms with van der Waals surface area (Å²) in [4.78, 5) is 26.3. The Bertz CT molecular complexity index is 888. The normalized spacial score (nSPS) is 11.9. The largest absolute Gasteiger partial charge is 0.413 e. The molecule has 8 heteroatoms. The standard InChI is InChI=1S/C16H14N4O4/c1-11(14-3-2-4-15-17-9-10-19(14)15)18-16(21)24-13-7-5-12(6-8-13)20(22)23/h2-11H,1H3,(H,18,21)/t11-/m1/s1. The highest BCUT2D eigenvalue weighted by atomic mass is 16.6. The van der Waals surface area contributed by atoms with Crippen molar-refractivity contribution in [3.05, 3.63) is 70.7 Å². The molecule has 3 aromatic rings. The Labute approximate surface area is 136 Å². The Balaban J connectivity index is 1.68. The molecule has 0 saturated heterocycles. The van der Waals surface area contributed by atoms with Crippen LogP contribution in [0.4, 0.5) is 10.5 Å². The SMILES string of the molecule is C[C@@H](NC(=O)Oc1ccc([N+](=O)[O-])cc1)c1cccc2nccn12. The molecule has 0 bridgehead atoms. The molecule has 8 nitrogen and oxygen atoms in total. The Morgan fingerprint density at radius 3 is 2.75 bits per heavy atom. The summed E-state index contributed by atoms with van der Waals surface area (Å²) in [5, 5.41) is 13.3. The monoisotopic (exact) mass is 326 g/mol. The van der Waals surface area contributed by atoms with Gasteiger partial charge >= 0.3 is 6.09 Å². The molecule has 0 fully saturated rings. The molecule has 0 aliphatic heterocycles. The topological polar surface area (TPSA) is 98.8 Å². The van der Waals surface area contributed by atoms with Crippen LogP contribution in [0.1, 0.15) is 18.7 Å². The van der Waals surface area contributed by atoms with E-state index in [1.54, 1.807) is 6.20 Å². The van der Waals surface area contributed by atoms with Gasteiger partial charge in [-0.25, -0.2) is 9.78 Å². The number of imidazole rings is 1. The lowest BCUT2D eigenvalue weighted by Crippen LogP contribution is -2.30. The zero-order chi connectivity index (χ0) is 17.1. The molecule has 0 saturated carbocycles. The summed E-state index contributed by atoms with van der Waals surface area (Å²) in [5.74, 6) is 0.228. The van der Waals surface area contributed by atoms with Crippen molar-refractivity contribution in [3.8, 4) is 5.75 Å². The van der Waals surface area contributed by atoms with Crippen LogP contribution in [0.5, 0.6) is 5.75 Å².